The molecule has 0 bridgehead atoms. The van der Waals surface area contributed by atoms with Crippen LogP contribution in [0, 0.1) is 0 Å². The SMILES string of the molecule is CC(=O)Nc1cc(N)ccc1N=C1C=CC(=O)C=C1. The van der Waals surface area contributed by atoms with Crippen molar-refractivity contribution in [2.24, 2.45) is 4.99 Å². The van der Waals surface area contributed by atoms with Crippen LogP contribution in [0.25, 0.3) is 0 Å². The minimum absolute atomic E-state index is 0.0710. The average molecular weight is 255 g/mol. The predicted molar refractivity (Wildman–Crippen MR) is 75.5 cm³/mol. The number of amides is 1. The van der Waals surface area contributed by atoms with E-state index in [4.69, 9.17) is 5.73 Å². The zero-order valence-electron chi connectivity index (χ0n) is 10.4. The highest BCUT2D eigenvalue weighted by Crippen LogP contribution is 2.27. The van der Waals surface area contributed by atoms with Crippen molar-refractivity contribution >= 4 is 34.5 Å². The number of nitrogens with one attached hydrogen (secondary N) is 1. The quantitative estimate of drug-likeness (QED) is 0.626. The fraction of sp³-hybridized carbons (Fsp3) is 0.0714. The molecule has 0 atom stereocenters. The number of nitrogen functional groups attached to an aromatic ring is 1. The fourth-order valence-corrected chi connectivity index (χ4v) is 1.60. The summed E-state index contributed by atoms with van der Waals surface area (Å²) in [5, 5.41) is 2.67. The predicted octanol–water partition coefficient (Wildman–Crippen LogP) is 1.99. The molecular formula is C14H13N3O2. The van der Waals surface area contributed by atoms with Gasteiger partial charge < -0.3 is 11.1 Å². The molecule has 1 aromatic rings. The molecule has 2 rings (SSSR count). The van der Waals surface area contributed by atoms with Crippen molar-refractivity contribution < 1.29 is 9.59 Å². The molecule has 0 heterocycles. The number of nitrogens with zero attached hydrogens (tertiary/aromatic N) is 1. The van der Waals surface area contributed by atoms with E-state index in [0.29, 0.717) is 22.8 Å². The van der Waals surface area contributed by atoms with Gasteiger partial charge in [-0.15, -0.1) is 0 Å². The summed E-state index contributed by atoms with van der Waals surface area (Å²) in [6.45, 7) is 1.42. The molecule has 0 saturated carbocycles. The molecule has 1 aliphatic rings. The van der Waals surface area contributed by atoms with Gasteiger partial charge in [0.05, 0.1) is 17.1 Å². The summed E-state index contributed by atoms with van der Waals surface area (Å²) in [5.41, 5.74) is 7.98. The lowest BCUT2D eigenvalue weighted by Crippen LogP contribution is -2.06. The third kappa shape index (κ3) is 3.38. The first kappa shape index (κ1) is 12.8. The number of aliphatic imine (C=N–C) groups is 1. The Bertz CT molecular complexity index is 610. The summed E-state index contributed by atoms with van der Waals surface area (Å²) in [7, 11) is 0. The van der Waals surface area contributed by atoms with E-state index in [1.807, 2.05) is 0 Å². The molecule has 5 heteroatoms. The number of rotatable bonds is 2. The fourth-order valence-electron chi connectivity index (χ4n) is 1.60. The standard InChI is InChI=1S/C14H13N3O2/c1-9(18)16-14-8-10(15)2-7-13(14)17-11-3-5-12(19)6-4-11/h2-8H,15H2,1H3,(H,16,18). The first-order valence-corrected chi connectivity index (χ1v) is 5.70. The summed E-state index contributed by atoms with van der Waals surface area (Å²) in [6, 6.07) is 5.06. The van der Waals surface area contributed by atoms with Crippen LogP contribution in [-0.4, -0.2) is 17.4 Å². The maximum absolute atomic E-state index is 11.1. The van der Waals surface area contributed by atoms with Crippen molar-refractivity contribution in [3.63, 3.8) is 0 Å². The Hall–Kier alpha value is -2.69. The Balaban J connectivity index is 2.37. The number of carbonyl (C=O) groups excluding carboxylic acids is 2. The van der Waals surface area contributed by atoms with Crippen LogP contribution < -0.4 is 11.1 Å². The van der Waals surface area contributed by atoms with Crippen LogP contribution in [-0.2, 0) is 9.59 Å². The Kier molecular flexibility index (Phi) is 3.56. The van der Waals surface area contributed by atoms with Gasteiger partial charge in [-0.3, -0.25) is 9.59 Å². The van der Waals surface area contributed by atoms with Gasteiger partial charge in [0.1, 0.15) is 0 Å². The van der Waals surface area contributed by atoms with E-state index < -0.39 is 0 Å². The smallest absolute Gasteiger partial charge is 0.221 e. The van der Waals surface area contributed by atoms with Gasteiger partial charge in [0.2, 0.25) is 5.91 Å². The number of benzene rings is 1. The second-order valence-electron chi connectivity index (χ2n) is 4.06. The lowest BCUT2D eigenvalue weighted by atomic mass is 10.1. The third-order valence-corrected chi connectivity index (χ3v) is 2.42. The molecule has 0 fully saturated rings. The zero-order valence-corrected chi connectivity index (χ0v) is 10.4. The number of ketones is 1. The molecule has 19 heavy (non-hydrogen) atoms. The van der Waals surface area contributed by atoms with E-state index in [2.05, 4.69) is 10.3 Å². The zero-order chi connectivity index (χ0) is 13.8. The second-order valence-corrected chi connectivity index (χ2v) is 4.06. The molecule has 96 valence electrons. The van der Waals surface area contributed by atoms with E-state index in [1.54, 1.807) is 30.4 Å². The number of anilines is 2. The number of nitrogens with two attached hydrogens (primary N) is 1. The monoisotopic (exact) mass is 255 g/mol. The first-order valence-electron chi connectivity index (χ1n) is 5.70. The minimum Gasteiger partial charge on any atom is -0.399 e. The van der Waals surface area contributed by atoms with Gasteiger partial charge in [0.15, 0.2) is 5.78 Å². The minimum atomic E-state index is -0.197. The summed E-state index contributed by atoms with van der Waals surface area (Å²) >= 11 is 0. The maximum Gasteiger partial charge on any atom is 0.221 e. The molecule has 0 aromatic heterocycles. The number of hydrogen-bond acceptors (Lipinski definition) is 4. The molecule has 5 nitrogen and oxygen atoms in total. The van der Waals surface area contributed by atoms with Crippen LogP contribution >= 0.6 is 0 Å². The molecule has 1 amide bonds. The van der Waals surface area contributed by atoms with Crippen LogP contribution in [0.15, 0.2) is 47.5 Å². The van der Waals surface area contributed by atoms with Gasteiger partial charge in [0, 0.05) is 12.6 Å². The van der Waals surface area contributed by atoms with Crippen molar-refractivity contribution in [3.05, 3.63) is 42.5 Å². The van der Waals surface area contributed by atoms with Crippen LogP contribution in [0.2, 0.25) is 0 Å². The summed E-state index contributed by atoms with van der Waals surface area (Å²) in [6.07, 6.45) is 6.12. The van der Waals surface area contributed by atoms with Gasteiger partial charge in [-0.1, -0.05) is 0 Å². The number of allylic oxidation sites excluding steroid dienone is 4. The molecule has 0 saturated heterocycles. The van der Waals surface area contributed by atoms with E-state index in [0.717, 1.165) is 0 Å². The van der Waals surface area contributed by atoms with Crippen LogP contribution in [0.3, 0.4) is 0 Å². The van der Waals surface area contributed by atoms with Gasteiger partial charge in [-0.05, 0) is 42.5 Å². The largest absolute Gasteiger partial charge is 0.399 e. The Morgan fingerprint density at radius 3 is 2.53 bits per heavy atom. The highest BCUT2D eigenvalue weighted by molar-refractivity contribution is 6.17. The highest BCUT2D eigenvalue weighted by atomic mass is 16.1. The highest BCUT2D eigenvalue weighted by Gasteiger charge is 2.06. The lowest BCUT2D eigenvalue weighted by Gasteiger charge is -2.08. The van der Waals surface area contributed by atoms with Crippen molar-refractivity contribution in [3.8, 4) is 0 Å². The lowest BCUT2D eigenvalue weighted by molar-refractivity contribution is -0.114. The van der Waals surface area contributed by atoms with E-state index in [9.17, 15) is 9.59 Å². The Morgan fingerprint density at radius 2 is 1.89 bits per heavy atom. The third-order valence-electron chi connectivity index (χ3n) is 2.42. The second kappa shape index (κ2) is 5.30. The summed E-state index contributed by atoms with van der Waals surface area (Å²) in [5.74, 6) is -0.268. The van der Waals surface area contributed by atoms with E-state index in [-0.39, 0.29) is 11.7 Å². The molecule has 3 N–H and O–H groups in total. The van der Waals surface area contributed by atoms with Gasteiger partial charge in [-0.25, -0.2) is 4.99 Å². The van der Waals surface area contributed by atoms with Gasteiger partial charge in [0.25, 0.3) is 0 Å². The van der Waals surface area contributed by atoms with Gasteiger partial charge >= 0.3 is 0 Å². The number of carbonyl (C=O) groups is 2. The average Bonchev–Trinajstić information content (AvgIpc) is 2.34. The molecule has 1 aliphatic carbocycles. The van der Waals surface area contributed by atoms with Gasteiger partial charge in [-0.2, -0.15) is 0 Å². The number of hydrogen-bond donors (Lipinski definition) is 2. The van der Waals surface area contributed by atoms with Crippen molar-refractivity contribution in [2.45, 2.75) is 6.92 Å². The van der Waals surface area contributed by atoms with Crippen LogP contribution in [0.5, 0.6) is 0 Å². The van der Waals surface area contributed by atoms with Crippen molar-refractivity contribution in [1.29, 1.82) is 0 Å². The van der Waals surface area contributed by atoms with Crippen molar-refractivity contribution in [1.82, 2.24) is 0 Å². The van der Waals surface area contributed by atoms with Crippen LogP contribution in [0.4, 0.5) is 17.1 Å². The first-order chi connectivity index (χ1) is 9.04. The topological polar surface area (TPSA) is 84.6 Å². The molecule has 0 aliphatic heterocycles. The van der Waals surface area contributed by atoms with E-state index in [1.165, 1.54) is 19.1 Å². The molecule has 0 radical (unpaired) electrons. The van der Waals surface area contributed by atoms with Crippen LogP contribution in [0.1, 0.15) is 6.92 Å². The maximum atomic E-state index is 11.1. The van der Waals surface area contributed by atoms with Crippen molar-refractivity contribution in [2.75, 3.05) is 11.1 Å². The summed E-state index contributed by atoms with van der Waals surface area (Å²) in [4.78, 5) is 26.5. The Labute approximate surface area is 110 Å². The molecular weight excluding hydrogens is 242 g/mol. The molecule has 0 unspecified atom stereocenters. The van der Waals surface area contributed by atoms with E-state index >= 15 is 0 Å². The Morgan fingerprint density at radius 1 is 1.21 bits per heavy atom. The normalized spacial score (nSPS) is 13.5. The summed E-state index contributed by atoms with van der Waals surface area (Å²) < 4.78 is 0. The molecule has 0 spiro atoms. The molecule has 1 aromatic carbocycles.